The monoisotopic (exact) mass is 199 g/mol. The van der Waals surface area contributed by atoms with Crippen molar-refractivity contribution in [3.63, 3.8) is 0 Å². The third-order valence-corrected chi connectivity index (χ3v) is 0.986. The summed E-state index contributed by atoms with van der Waals surface area (Å²) < 4.78 is 0. The quantitative estimate of drug-likeness (QED) is 0.325. The molecule has 0 aliphatic heterocycles. The van der Waals surface area contributed by atoms with Gasteiger partial charge in [-0.25, -0.2) is 4.79 Å². The van der Waals surface area contributed by atoms with Crippen LogP contribution in [0.1, 0.15) is 13.8 Å². The lowest BCUT2D eigenvalue weighted by Crippen LogP contribution is -1.97. The number of carbonyl (C=O) groups is 1. The van der Waals surface area contributed by atoms with Gasteiger partial charge in [-0.1, -0.05) is 20.4 Å². The van der Waals surface area contributed by atoms with Crippen LogP contribution in [0, 0.1) is 10.1 Å². The molecule has 0 aliphatic carbocycles. The summed E-state index contributed by atoms with van der Waals surface area (Å²) in [4.78, 5) is 19.4. The Kier molecular flexibility index (Phi) is 8.06. The number of hydrogen-bond acceptors (Lipinski definition) is 3. The lowest BCUT2D eigenvalue weighted by molar-refractivity contribution is -0.418. The van der Waals surface area contributed by atoms with Gasteiger partial charge in [0.1, 0.15) is 0 Å². The summed E-state index contributed by atoms with van der Waals surface area (Å²) in [5.41, 5.74) is -0.601. The molecule has 0 aromatic rings. The van der Waals surface area contributed by atoms with Crippen LogP contribution in [-0.4, -0.2) is 16.0 Å². The van der Waals surface area contributed by atoms with Gasteiger partial charge >= 0.3 is 5.97 Å². The predicted octanol–water partition coefficient (Wildman–Crippen LogP) is 2.00. The van der Waals surface area contributed by atoms with Crippen LogP contribution in [-0.2, 0) is 4.79 Å². The van der Waals surface area contributed by atoms with Gasteiger partial charge in [0.2, 0.25) is 0 Å². The Hall–Kier alpha value is -1.91. The van der Waals surface area contributed by atoms with Crippen LogP contribution in [0.4, 0.5) is 0 Å². The first kappa shape index (κ1) is 14.6. The van der Waals surface area contributed by atoms with E-state index in [0.717, 1.165) is 12.2 Å². The van der Waals surface area contributed by atoms with Crippen LogP contribution in [0.15, 0.2) is 36.6 Å². The Morgan fingerprint density at radius 1 is 1.36 bits per heavy atom. The predicted molar refractivity (Wildman–Crippen MR) is 53.4 cm³/mol. The zero-order chi connectivity index (χ0) is 11.7. The average molecular weight is 199 g/mol. The van der Waals surface area contributed by atoms with Gasteiger partial charge in [-0.15, -0.1) is 0 Å². The van der Waals surface area contributed by atoms with Gasteiger partial charge < -0.3 is 5.11 Å². The second-order valence-corrected chi connectivity index (χ2v) is 1.91. The van der Waals surface area contributed by atoms with Gasteiger partial charge in [0, 0.05) is 6.08 Å². The van der Waals surface area contributed by atoms with Crippen molar-refractivity contribution in [2.24, 2.45) is 0 Å². The van der Waals surface area contributed by atoms with Crippen molar-refractivity contribution in [3.8, 4) is 0 Å². The van der Waals surface area contributed by atoms with Crippen LogP contribution < -0.4 is 0 Å². The largest absolute Gasteiger partial charge is 0.478 e. The van der Waals surface area contributed by atoms with E-state index in [1.54, 1.807) is 0 Å². The minimum atomic E-state index is -1.22. The minimum absolute atomic E-state index is 0.224. The smallest absolute Gasteiger partial charge is 0.335 e. The molecule has 5 nitrogen and oxygen atoms in total. The molecule has 0 saturated heterocycles. The second kappa shape index (κ2) is 7.72. The van der Waals surface area contributed by atoms with E-state index in [1.165, 1.54) is 0 Å². The summed E-state index contributed by atoms with van der Waals surface area (Å²) in [6.45, 7) is 10.2. The van der Waals surface area contributed by atoms with E-state index in [4.69, 9.17) is 5.11 Å². The first-order chi connectivity index (χ1) is 6.45. The molecule has 0 aliphatic rings. The number of carboxylic acid groups (broad SMARTS) is 1. The Balaban J connectivity index is 0. The van der Waals surface area contributed by atoms with E-state index in [0.29, 0.717) is 0 Å². The molecule has 0 spiro atoms. The van der Waals surface area contributed by atoms with Crippen molar-refractivity contribution in [3.05, 3.63) is 46.7 Å². The van der Waals surface area contributed by atoms with Gasteiger partial charge in [0.05, 0.1) is 10.5 Å². The van der Waals surface area contributed by atoms with Crippen LogP contribution in [0.2, 0.25) is 0 Å². The van der Waals surface area contributed by atoms with Crippen LogP contribution in [0.5, 0.6) is 0 Å². The molecule has 0 atom stereocenters. The van der Waals surface area contributed by atoms with Crippen LogP contribution in [0.25, 0.3) is 0 Å². The molecular formula is C9H13NO4. The number of allylic oxidation sites excluding steroid dienone is 1. The lowest BCUT2D eigenvalue weighted by Gasteiger charge is -1.88. The average Bonchev–Trinajstić information content (AvgIpc) is 2.16. The highest BCUT2D eigenvalue weighted by molar-refractivity contribution is 5.89. The molecule has 5 heteroatoms. The van der Waals surface area contributed by atoms with E-state index >= 15 is 0 Å². The molecule has 78 valence electrons. The first-order valence-electron chi connectivity index (χ1n) is 3.88. The molecule has 0 unspecified atom stereocenters. The molecule has 0 radical (unpaired) electrons. The summed E-state index contributed by atoms with van der Waals surface area (Å²) in [7, 11) is 0. The Morgan fingerprint density at radius 2 is 1.79 bits per heavy atom. The maximum Gasteiger partial charge on any atom is 0.335 e. The molecule has 0 saturated carbocycles. The van der Waals surface area contributed by atoms with Crippen molar-refractivity contribution < 1.29 is 14.8 Å². The van der Waals surface area contributed by atoms with E-state index in [1.807, 2.05) is 13.8 Å². The molecule has 14 heavy (non-hydrogen) atoms. The first-order valence-corrected chi connectivity index (χ1v) is 3.88. The number of nitro groups is 1. The highest BCUT2D eigenvalue weighted by atomic mass is 16.6. The van der Waals surface area contributed by atoms with E-state index < -0.39 is 10.9 Å². The van der Waals surface area contributed by atoms with Crippen LogP contribution in [0.3, 0.4) is 0 Å². The van der Waals surface area contributed by atoms with Crippen molar-refractivity contribution in [2.45, 2.75) is 13.8 Å². The Morgan fingerprint density at radius 3 is 2.07 bits per heavy atom. The van der Waals surface area contributed by atoms with Crippen molar-refractivity contribution >= 4 is 5.97 Å². The number of aliphatic carboxylic acids is 1. The molecule has 0 amide bonds. The molecule has 0 aromatic heterocycles. The highest BCUT2D eigenvalue weighted by Crippen LogP contribution is 1.98. The normalized spacial score (nSPS) is 8.71. The van der Waals surface area contributed by atoms with Crippen LogP contribution >= 0.6 is 0 Å². The van der Waals surface area contributed by atoms with Gasteiger partial charge in [0.25, 0.3) is 5.70 Å². The van der Waals surface area contributed by atoms with E-state index in [-0.39, 0.29) is 11.3 Å². The van der Waals surface area contributed by atoms with E-state index in [2.05, 4.69) is 13.2 Å². The number of hydrogen-bond donors (Lipinski definition) is 1. The fraction of sp³-hybridized carbons (Fsp3) is 0.222. The summed E-state index contributed by atoms with van der Waals surface area (Å²) in [5.74, 6) is -1.22. The summed E-state index contributed by atoms with van der Waals surface area (Å²) >= 11 is 0. The number of carboxylic acids is 1. The van der Waals surface area contributed by atoms with Gasteiger partial charge in [0.15, 0.2) is 0 Å². The molecule has 0 rings (SSSR count). The van der Waals surface area contributed by atoms with Gasteiger partial charge in [-0.05, 0) is 12.7 Å². The number of nitrogens with zero attached hydrogens (tertiary/aromatic N) is 1. The van der Waals surface area contributed by atoms with Gasteiger partial charge in [-0.2, -0.15) is 0 Å². The molecule has 0 aromatic carbocycles. The summed E-state index contributed by atoms with van der Waals surface area (Å²) in [6, 6.07) is 0. The summed E-state index contributed by atoms with van der Waals surface area (Å²) in [6.07, 6.45) is 2.00. The topological polar surface area (TPSA) is 80.4 Å². The molecule has 0 heterocycles. The fourth-order valence-electron chi connectivity index (χ4n) is 0.329. The number of rotatable bonds is 4. The second-order valence-electron chi connectivity index (χ2n) is 1.91. The van der Waals surface area contributed by atoms with E-state index in [9.17, 15) is 14.9 Å². The molecular weight excluding hydrogens is 186 g/mol. The minimum Gasteiger partial charge on any atom is -0.478 e. The van der Waals surface area contributed by atoms with Crippen molar-refractivity contribution in [1.29, 1.82) is 0 Å². The Labute approximate surface area is 82.2 Å². The maximum absolute atomic E-state index is 10.1. The molecule has 0 fully saturated rings. The molecule has 1 N–H and O–H groups in total. The van der Waals surface area contributed by atoms with Crippen molar-refractivity contribution in [1.82, 2.24) is 0 Å². The zero-order valence-electron chi connectivity index (χ0n) is 8.19. The standard InChI is InChI=1S/C7H7NO4.C2H6/c1-5(7(9)10)3-4-6(2)8(11)12;1-2/h3-4H,1-2H2,(H,9,10);1-2H3/b4-3-;. The Bertz CT molecular complexity index is 251. The third kappa shape index (κ3) is 6.78. The van der Waals surface area contributed by atoms with Crippen molar-refractivity contribution in [2.75, 3.05) is 0 Å². The van der Waals surface area contributed by atoms with Gasteiger partial charge in [-0.3, -0.25) is 10.1 Å². The maximum atomic E-state index is 10.1. The third-order valence-electron chi connectivity index (χ3n) is 0.986. The zero-order valence-corrected chi connectivity index (χ0v) is 8.19. The fourth-order valence-corrected chi connectivity index (χ4v) is 0.329. The molecule has 0 bridgehead atoms. The SMILES string of the molecule is C=C(/C=C\C(=C)[N+](=O)[O-])C(=O)O.CC. The summed E-state index contributed by atoms with van der Waals surface area (Å²) in [5, 5.41) is 18.2. The lowest BCUT2D eigenvalue weighted by atomic mass is 10.2. The highest BCUT2D eigenvalue weighted by Gasteiger charge is 2.02.